The highest BCUT2D eigenvalue weighted by Crippen LogP contribution is 2.28. The zero-order chi connectivity index (χ0) is 15.0. The molecule has 2 aromatic heterocycles. The van der Waals surface area contributed by atoms with E-state index in [0.29, 0.717) is 17.2 Å². The molecule has 1 aromatic carbocycles. The number of carboxylic acids is 1. The lowest BCUT2D eigenvalue weighted by Gasteiger charge is -2.02. The average Bonchev–Trinajstić information content (AvgIpc) is 2.84. The van der Waals surface area contributed by atoms with Crippen molar-refractivity contribution in [2.45, 2.75) is 0 Å². The van der Waals surface area contributed by atoms with Gasteiger partial charge in [-0.25, -0.2) is 9.78 Å². The first kappa shape index (κ1) is 13.0. The van der Waals surface area contributed by atoms with Crippen molar-refractivity contribution < 1.29 is 14.6 Å². The van der Waals surface area contributed by atoms with Gasteiger partial charge in [0.05, 0.1) is 12.7 Å². The molecule has 0 aliphatic heterocycles. The van der Waals surface area contributed by atoms with Crippen molar-refractivity contribution in [1.29, 1.82) is 0 Å². The number of nitrogens with zero attached hydrogens (tertiary/aromatic N) is 2. The molecular formula is C15H13N3O3. The Hall–Kier alpha value is -3.02. The van der Waals surface area contributed by atoms with Crippen LogP contribution < -0.4 is 10.5 Å². The monoisotopic (exact) mass is 283 g/mol. The number of pyridine rings is 1. The molecule has 106 valence electrons. The minimum Gasteiger partial charge on any atom is -0.497 e. The summed E-state index contributed by atoms with van der Waals surface area (Å²) < 4.78 is 6.69. The summed E-state index contributed by atoms with van der Waals surface area (Å²) in [5.41, 5.74) is 8.30. The Morgan fingerprint density at radius 3 is 2.57 bits per heavy atom. The smallest absolute Gasteiger partial charge is 0.337 e. The van der Waals surface area contributed by atoms with Crippen molar-refractivity contribution in [2.75, 3.05) is 12.8 Å². The fourth-order valence-electron chi connectivity index (χ4n) is 2.15. The van der Waals surface area contributed by atoms with Crippen LogP contribution in [0.25, 0.3) is 16.9 Å². The van der Waals surface area contributed by atoms with E-state index in [-0.39, 0.29) is 5.56 Å². The molecular weight excluding hydrogens is 270 g/mol. The molecule has 0 saturated heterocycles. The highest BCUT2D eigenvalue weighted by atomic mass is 16.5. The van der Waals surface area contributed by atoms with E-state index in [1.54, 1.807) is 17.6 Å². The number of nitrogen functional groups attached to an aromatic ring is 1. The van der Waals surface area contributed by atoms with Crippen LogP contribution in [0, 0.1) is 0 Å². The number of carboxylic acid groups (broad SMARTS) is 1. The zero-order valence-electron chi connectivity index (χ0n) is 11.3. The van der Waals surface area contributed by atoms with E-state index < -0.39 is 5.97 Å². The molecule has 0 amide bonds. The topological polar surface area (TPSA) is 89.8 Å². The molecule has 0 saturated carbocycles. The molecule has 3 N–H and O–H groups in total. The fraction of sp³-hybridized carbons (Fsp3) is 0.0667. The Balaban J connectivity index is 2.14. The van der Waals surface area contributed by atoms with Crippen LogP contribution in [0.15, 0.2) is 42.6 Å². The standard InChI is InChI=1S/C15H13N3O3/c1-21-11-5-2-9(3-6-11)13-14(16)18-8-10(15(19)20)4-7-12(18)17-13/h2-8H,16H2,1H3,(H,19,20). The van der Waals surface area contributed by atoms with Gasteiger partial charge in [-0.2, -0.15) is 0 Å². The van der Waals surface area contributed by atoms with Crippen LogP contribution in [0.4, 0.5) is 5.82 Å². The third-order valence-corrected chi connectivity index (χ3v) is 3.27. The Morgan fingerprint density at radius 1 is 1.24 bits per heavy atom. The first-order chi connectivity index (χ1) is 10.1. The van der Waals surface area contributed by atoms with Gasteiger partial charge in [-0.05, 0) is 36.4 Å². The number of carbonyl (C=O) groups is 1. The first-order valence-electron chi connectivity index (χ1n) is 6.25. The van der Waals surface area contributed by atoms with Crippen molar-refractivity contribution in [3.8, 4) is 17.0 Å². The summed E-state index contributed by atoms with van der Waals surface area (Å²) in [7, 11) is 1.60. The first-order valence-corrected chi connectivity index (χ1v) is 6.25. The summed E-state index contributed by atoms with van der Waals surface area (Å²) in [4.78, 5) is 15.5. The maximum absolute atomic E-state index is 11.0. The van der Waals surface area contributed by atoms with Gasteiger partial charge in [0.2, 0.25) is 0 Å². The third kappa shape index (κ3) is 2.16. The number of anilines is 1. The molecule has 0 aliphatic carbocycles. The second kappa shape index (κ2) is 4.82. The fourth-order valence-corrected chi connectivity index (χ4v) is 2.15. The number of aromatic nitrogens is 2. The molecule has 0 fully saturated rings. The van der Waals surface area contributed by atoms with Crippen molar-refractivity contribution in [3.63, 3.8) is 0 Å². The van der Waals surface area contributed by atoms with Gasteiger partial charge < -0.3 is 15.6 Å². The van der Waals surface area contributed by atoms with Crippen LogP contribution in [0.3, 0.4) is 0 Å². The van der Waals surface area contributed by atoms with Crippen molar-refractivity contribution in [1.82, 2.24) is 9.38 Å². The number of fused-ring (bicyclic) bond motifs is 1. The van der Waals surface area contributed by atoms with Crippen LogP contribution >= 0.6 is 0 Å². The lowest BCUT2D eigenvalue weighted by molar-refractivity contribution is 0.0696. The van der Waals surface area contributed by atoms with Crippen LogP contribution in [-0.2, 0) is 0 Å². The minimum absolute atomic E-state index is 0.160. The lowest BCUT2D eigenvalue weighted by Crippen LogP contribution is -2.00. The van der Waals surface area contributed by atoms with Crippen LogP contribution in [0.5, 0.6) is 5.75 Å². The Morgan fingerprint density at radius 2 is 1.95 bits per heavy atom. The number of ether oxygens (including phenoxy) is 1. The number of methoxy groups -OCH3 is 1. The Bertz CT molecular complexity index is 822. The molecule has 0 bridgehead atoms. The molecule has 3 rings (SSSR count). The number of aromatic carboxylic acids is 1. The van der Waals surface area contributed by atoms with Crippen molar-refractivity contribution in [2.24, 2.45) is 0 Å². The Labute approximate surface area is 120 Å². The molecule has 3 aromatic rings. The largest absolute Gasteiger partial charge is 0.497 e. The molecule has 0 unspecified atom stereocenters. The van der Waals surface area contributed by atoms with Gasteiger partial charge in [-0.15, -0.1) is 0 Å². The Kier molecular flexibility index (Phi) is 2.98. The predicted octanol–water partition coefficient (Wildman–Crippen LogP) is 2.29. The molecule has 0 spiro atoms. The van der Waals surface area contributed by atoms with E-state index in [4.69, 9.17) is 15.6 Å². The second-order valence-electron chi connectivity index (χ2n) is 4.53. The number of hydrogen-bond acceptors (Lipinski definition) is 4. The van der Waals surface area contributed by atoms with Crippen molar-refractivity contribution >= 4 is 17.4 Å². The van der Waals surface area contributed by atoms with Crippen LogP contribution in [0.2, 0.25) is 0 Å². The predicted molar refractivity (Wildman–Crippen MR) is 78.6 cm³/mol. The van der Waals surface area contributed by atoms with E-state index in [1.165, 1.54) is 12.3 Å². The molecule has 6 heteroatoms. The highest BCUT2D eigenvalue weighted by Gasteiger charge is 2.13. The summed E-state index contributed by atoms with van der Waals surface area (Å²) in [6.45, 7) is 0. The number of imidazole rings is 1. The molecule has 2 heterocycles. The van der Waals surface area contributed by atoms with Gasteiger partial charge in [-0.1, -0.05) is 0 Å². The zero-order valence-corrected chi connectivity index (χ0v) is 11.3. The average molecular weight is 283 g/mol. The van der Waals surface area contributed by atoms with Crippen LogP contribution in [-0.4, -0.2) is 27.6 Å². The van der Waals surface area contributed by atoms with E-state index in [9.17, 15) is 4.79 Å². The third-order valence-electron chi connectivity index (χ3n) is 3.27. The number of rotatable bonds is 3. The SMILES string of the molecule is COc1ccc(-c2nc3ccc(C(=O)O)cn3c2N)cc1. The van der Waals surface area contributed by atoms with Gasteiger partial charge in [0, 0.05) is 11.8 Å². The van der Waals surface area contributed by atoms with Crippen LogP contribution in [0.1, 0.15) is 10.4 Å². The highest BCUT2D eigenvalue weighted by molar-refractivity contribution is 5.88. The molecule has 0 aliphatic rings. The summed E-state index contributed by atoms with van der Waals surface area (Å²) in [5, 5.41) is 9.03. The summed E-state index contributed by atoms with van der Waals surface area (Å²) in [5.74, 6) is 0.142. The molecule has 21 heavy (non-hydrogen) atoms. The maximum atomic E-state index is 11.0. The second-order valence-corrected chi connectivity index (χ2v) is 4.53. The van der Waals surface area contributed by atoms with Gasteiger partial charge in [0.1, 0.15) is 22.9 Å². The van der Waals surface area contributed by atoms with Crippen molar-refractivity contribution in [3.05, 3.63) is 48.2 Å². The summed E-state index contributed by atoms with van der Waals surface area (Å²) >= 11 is 0. The van der Waals surface area contributed by atoms with E-state index in [0.717, 1.165) is 11.3 Å². The number of benzene rings is 1. The van der Waals surface area contributed by atoms with E-state index in [2.05, 4.69) is 4.98 Å². The van der Waals surface area contributed by atoms with Gasteiger partial charge in [0.15, 0.2) is 0 Å². The number of nitrogens with two attached hydrogens (primary N) is 1. The molecule has 6 nitrogen and oxygen atoms in total. The summed E-state index contributed by atoms with van der Waals surface area (Å²) in [6, 6.07) is 10.5. The van der Waals surface area contributed by atoms with Gasteiger partial charge >= 0.3 is 5.97 Å². The normalized spacial score (nSPS) is 10.7. The molecule has 0 radical (unpaired) electrons. The molecule has 0 atom stereocenters. The van der Waals surface area contributed by atoms with E-state index in [1.807, 2.05) is 24.3 Å². The number of hydrogen-bond donors (Lipinski definition) is 2. The lowest BCUT2D eigenvalue weighted by atomic mass is 10.1. The van der Waals surface area contributed by atoms with E-state index >= 15 is 0 Å². The maximum Gasteiger partial charge on any atom is 0.337 e. The quantitative estimate of drug-likeness (QED) is 0.769. The minimum atomic E-state index is -1.00. The van der Waals surface area contributed by atoms with Gasteiger partial charge in [0.25, 0.3) is 0 Å². The van der Waals surface area contributed by atoms with Gasteiger partial charge in [-0.3, -0.25) is 4.40 Å². The summed E-state index contributed by atoms with van der Waals surface area (Å²) in [6.07, 6.45) is 1.47.